The number of nitrogens with zero attached hydrogens (tertiary/aromatic N) is 2. The van der Waals surface area contributed by atoms with Crippen LogP contribution in [0.5, 0.6) is 0 Å². The summed E-state index contributed by atoms with van der Waals surface area (Å²) in [5.41, 5.74) is 0.852. The number of halogens is 1. The average Bonchev–Trinajstić information content (AvgIpc) is 2.37. The highest BCUT2D eigenvalue weighted by Gasteiger charge is 2.29. The molecule has 0 spiro atoms. The minimum atomic E-state index is -0.488. The predicted octanol–water partition coefficient (Wildman–Crippen LogP) is 3.64. The van der Waals surface area contributed by atoms with Gasteiger partial charge in [0.25, 0.3) is 0 Å². The Kier molecular flexibility index (Phi) is 4.49. The van der Waals surface area contributed by atoms with Crippen molar-refractivity contribution in [3.63, 3.8) is 0 Å². The molecule has 1 saturated heterocycles. The van der Waals surface area contributed by atoms with E-state index in [1.165, 1.54) is 6.07 Å². The van der Waals surface area contributed by atoms with E-state index in [0.717, 1.165) is 5.56 Å². The molecule has 1 fully saturated rings. The van der Waals surface area contributed by atoms with E-state index in [9.17, 15) is 9.18 Å². The van der Waals surface area contributed by atoms with Crippen molar-refractivity contribution in [2.24, 2.45) is 0 Å². The summed E-state index contributed by atoms with van der Waals surface area (Å²) < 4.78 is 19.3. The van der Waals surface area contributed by atoms with Crippen LogP contribution in [0.3, 0.4) is 0 Å². The van der Waals surface area contributed by atoms with Crippen molar-refractivity contribution in [1.29, 1.82) is 0 Å². The number of hydrogen-bond donors (Lipinski definition) is 0. The van der Waals surface area contributed by atoms with Crippen LogP contribution >= 0.6 is 0 Å². The van der Waals surface area contributed by atoms with Gasteiger partial charge in [0.1, 0.15) is 11.4 Å². The lowest BCUT2D eigenvalue weighted by Gasteiger charge is -2.33. The number of carbonyl (C=O) groups excluding carboxylic acids is 1. The molecule has 0 unspecified atom stereocenters. The first-order chi connectivity index (χ1) is 9.76. The zero-order valence-electron chi connectivity index (χ0n) is 13.1. The van der Waals surface area contributed by atoms with Gasteiger partial charge >= 0.3 is 6.09 Å². The highest BCUT2D eigenvalue weighted by atomic mass is 19.1. The van der Waals surface area contributed by atoms with Crippen molar-refractivity contribution in [3.05, 3.63) is 29.3 Å². The Bertz CT molecular complexity index is 517. The molecule has 116 valence electrons. The van der Waals surface area contributed by atoms with Gasteiger partial charge in [0.2, 0.25) is 0 Å². The molecule has 0 aliphatic carbocycles. The van der Waals surface area contributed by atoms with Crippen LogP contribution in [0, 0.1) is 12.7 Å². The molecular formula is C16H23FN2O2. The van der Waals surface area contributed by atoms with Gasteiger partial charge in [-0.2, -0.15) is 0 Å². The number of pyridine rings is 1. The van der Waals surface area contributed by atoms with Crippen LogP contribution in [0.2, 0.25) is 0 Å². The van der Waals surface area contributed by atoms with Crippen LogP contribution in [0.4, 0.5) is 9.18 Å². The van der Waals surface area contributed by atoms with Crippen LogP contribution in [0.15, 0.2) is 12.3 Å². The Morgan fingerprint density at radius 2 is 2.00 bits per heavy atom. The summed E-state index contributed by atoms with van der Waals surface area (Å²) in [5.74, 6) is -0.171. The Morgan fingerprint density at radius 1 is 1.38 bits per heavy atom. The van der Waals surface area contributed by atoms with Crippen molar-refractivity contribution < 1.29 is 13.9 Å². The molecule has 1 aromatic rings. The summed E-state index contributed by atoms with van der Waals surface area (Å²) in [6.07, 6.45) is 2.83. The van der Waals surface area contributed by atoms with Crippen molar-refractivity contribution in [2.75, 3.05) is 13.1 Å². The van der Waals surface area contributed by atoms with Crippen molar-refractivity contribution in [2.45, 2.75) is 52.1 Å². The number of likely N-dealkylation sites (tertiary alicyclic amines) is 1. The zero-order chi connectivity index (χ0) is 15.6. The summed E-state index contributed by atoms with van der Waals surface area (Å²) in [5, 5.41) is 0. The molecule has 21 heavy (non-hydrogen) atoms. The van der Waals surface area contributed by atoms with Gasteiger partial charge in [0.05, 0.1) is 5.69 Å². The van der Waals surface area contributed by atoms with Crippen molar-refractivity contribution in [1.82, 2.24) is 9.88 Å². The SMILES string of the molecule is Cc1cnc(C2CCN(C(=O)OC(C)(C)C)CC2)c(F)c1. The summed E-state index contributed by atoms with van der Waals surface area (Å²) in [6.45, 7) is 8.53. The molecule has 1 amide bonds. The fourth-order valence-electron chi connectivity index (χ4n) is 2.51. The van der Waals surface area contributed by atoms with E-state index < -0.39 is 5.60 Å². The maximum atomic E-state index is 13.9. The average molecular weight is 294 g/mol. The second-order valence-corrected chi connectivity index (χ2v) is 6.62. The first kappa shape index (κ1) is 15.7. The van der Waals surface area contributed by atoms with Crippen LogP contribution < -0.4 is 0 Å². The molecule has 1 aliphatic rings. The topological polar surface area (TPSA) is 42.4 Å². The number of amides is 1. The van der Waals surface area contributed by atoms with Crippen LogP contribution in [-0.4, -0.2) is 34.7 Å². The van der Waals surface area contributed by atoms with Gasteiger partial charge in [-0.05, 0) is 52.2 Å². The molecule has 0 atom stereocenters. The van der Waals surface area contributed by atoms with Gasteiger partial charge in [-0.25, -0.2) is 9.18 Å². The van der Waals surface area contributed by atoms with Gasteiger partial charge < -0.3 is 9.64 Å². The standard InChI is InChI=1S/C16H23FN2O2/c1-11-9-13(17)14(18-10-11)12-5-7-19(8-6-12)15(20)21-16(2,3)4/h9-10,12H,5-8H2,1-4H3. The Morgan fingerprint density at radius 3 is 2.52 bits per heavy atom. The number of rotatable bonds is 1. The molecule has 2 heterocycles. The number of ether oxygens (including phenoxy) is 1. The van der Waals surface area contributed by atoms with Crippen molar-refractivity contribution in [3.8, 4) is 0 Å². The van der Waals surface area contributed by atoms with E-state index >= 15 is 0 Å². The van der Waals surface area contributed by atoms with E-state index in [0.29, 0.717) is 31.6 Å². The monoisotopic (exact) mass is 294 g/mol. The normalized spacial score (nSPS) is 16.9. The predicted molar refractivity (Wildman–Crippen MR) is 78.7 cm³/mol. The third-order valence-corrected chi connectivity index (χ3v) is 3.54. The van der Waals surface area contributed by atoms with E-state index in [1.54, 1.807) is 11.1 Å². The highest BCUT2D eigenvalue weighted by molar-refractivity contribution is 5.68. The minimum Gasteiger partial charge on any atom is -0.444 e. The summed E-state index contributed by atoms with van der Waals surface area (Å²) in [4.78, 5) is 17.9. The lowest BCUT2D eigenvalue weighted by atomic mass is 9.92. The second-order valence-electron chi connectivity index (χ2n) is 6.62. The van der Waals surface area contributed by atoms with Crippen LogP contribution in [0.1, 0.15) is 50.8 Å². The first-order valence-corrected chi connectivity index (χ1v) is 7.36. The number of carbonyl (C=O) groups is 1. The molecule has 0 saturated carbocycles. The Balaban J connectivity index is 1.95. The zero-order valence-corrected chi connectivity index (χ0v) is 13.1. The van der Waals surface area contributed by atoms with Crippen LogP contribution in [0.25, 0.3) is 0 Å². The highest BCUT2D eigenvalue weighted by Crippen LogP contribution is 2.29. The number of aryl methyl sites for hydroxylation is 1. The van der Waals surface area contributed by atoms with Crippen molar-refractivity contribution >= 4 is 6.09 Å². The first-order valence-electron chi connectivity index (χ1n) is 7.36. The number of aromatic nitrogens is 1. The molecule has 0 radical (unpaired) electrons. The maximum Gasteiger partial charge on any atom is 0.410 e. The van der Waals surface area contributed by atoms with Gasteiger partial charge in [-0.1, -0.05) is 0 Å². The largest absolute Gasteiger partial charge is 0.444 e. The van der Waals surface area contributed by atoms with Gasteiger partial charge in [0.15, 0.2) is 0 Å². The molecule has 1 aromatic heterocycles. The Hall–Kier alpha value is -1.65. The van der Waals surface area contributed by atoms with E-state index in [4.69, 9.17) is 4.74 Å². The Labute approximate surface area is 125 Å². The summed E-state index contributed by atoms with van der Waals surface area (Å²) >= 11 is 0. The maximum absolute atomic E-state index is 13.9. The quantitative estimate of drug-likeness (QED) is 0.794. The smallest absolute Gasteiger partial charge is 0.410 e. The minimum absolute atomic E-state index is 0.0734. The van der Waals surface area contributed by atoms with Gasteiger partial charge in [-0.15, -0.1) is 0 Å². The number of piperidine rings is 1. The fraction of sp³-hybridized carbons (Fsp3) is 0.625. The molecule has 0 bridgehead atoms. The number of hydrogen-bond acceptors (Lipinski definition) is 3. The molecule has 0 aromatic carbocycles. The molecule has 5 heteroatoms. The third kappa shape index (κ3) is 4.16. The van der Waals surface area contributed by atoms with E-state index in [2.05, 4.69) is 4.98 Å². The summed E-state index contributed by atoms with van der Waals surface area (Å²) in [7, 11) is 0. The van der Waals surface area contributed by atoms with Gasteiger partial charge in [-0.3, -0.25) is 4.98 Å². The van der Waals surface area contributed by atoms with Gasteiger partial charge in [0, 0.05) is 25.2 Å². The second kappa shape index (κ2) is 6.00. The summed E-state index contributed by atoms with van der Waals surface area (Å²) in [6, 6.07) is 1.52. The molecule has 1 aliphatic heterocycles. The molecule has 0 N–H and O–H groups in total. The van der Waals surface area contributed by atoms with E-state index in [1.807, 2.05) is 27.7 Å². The molecular weight excluding hydrogens is 271 g/mol. The fourth-order valence-corrected chi connectivity index (χ4v) is 2.51. The van der Waals surface area contributed by atoms with E-state index in [-0.39, 0.29) is 17.8 Å². The van der Waals surface area contributed by atoms with Crippen LogP contribution in [-0.2, 0) is 4.74 Å². The lowest BCUT2D eigenvalue weighted by molar-refractivity contribution is 0.0203. The molecule has 2 rings (SSSR count). The third-order valence-electron chi connectivity index (χ3n) is 3.54. The molecule has 4 nitrogen and oxygen atoms in total. The lowest BCUT2D eigenvalue weighted by Crippen LogP contribution is -2.41.